The maximum absolute atomic E-state index is 9.86. The molecule has 0 amide bonds. The molecule has 2 atom stereocenters. The van der Waals surface area contributed by atoms with Gasteiger partial charge < -0.3 is 10.2 Å². The van der Waals surface area contributed by atoms with Gasteiger partial charge in [0, 0.05) is 15.9 Å². The summed E-state index contributed by atoms with van der Waals surface area (Å²) >= 11 is 20.7. The highest BCUT2D eigenvalue weighted by atomic mass is 79.9. The maximum Gasteiger partial charge on any atom is 0.106 e. The molecule has 1 aromatic rings. The van der Waals surface area contributed by atoms with Crippen molar-refractivity contribution < 1.29 is 10.2 Å². The third-order valence-corrected chi connectivity index (χ3v) is 3.63. The first-order valence-electron chi connectivity index (χ1n) is 4.54. The number of benzene rings is 1. The molecule has 2 unspecified atom stereocenters. The van der Waals surface area contributed by atoms with E-state index in [0.717, 1.165) is 0 Å². The van der Waals surface area contributed by atoms with Crippen LogP contribution in [0.1, 0.15) is 18.1 Å². The first-order chi connectivity index (χ1) is 7.47. The second-order valence-electron chi connectivity index (χ2n) is 3.28. The second kappa shape index (κ2) is 6.43. The minimum absolute atomic E-state index is 0.288. The maximum atomic E-state index is 9.86. The SMILES string of the molecule is OC(CCBr)C(O)c1cc(Cl)c(Cl)cc1Cl. The fourth-order valence-electron chi connectivity index (χ4n) is 1.24. The van der Waals surface area contributed by atoms with E-state index in [9.17, 15) is 10.2 Å². The Morgan fingerprint density at radius 3 is 2.19 bits per heavy atom. The van der Waals surface area contributed by atoms with Gasteiger partial charge in [-0.2, -0.15) is 0 Å². The van der Waals surface area contributed by atoms with Crippen LogP contribution in [0.15, 0.2) is 12.1 Å². The van der Waals surface area contributed by atoms with Crippen LogP contribution in [-0.2, 0) is 0 Å². The Hall–Kier alpha value is 0.490. The number of halogens is 4. The highest BCUT2D eigenvalue weighted by molar-refractivity contribution is 9.09. The quantitative estimate of drug-likeness (QED) is 0.641. The third kappa shape index (κ3) is 3.49. The van der Waals surface area contributed by atoms with Crippen LogP contribution in [0.5, 0.6) is 0 Å². The van der Waals surface area contributed by atoms with Crippen LogP contribution in [-0.4, -0.2) is 21.6 Å². The Morgan fingerprint density at radius 2 is 1.62 bits per heavy atom. The minimum atomic E-state index is -1.07. The van der Waals surface area contributed by atoms with Gasteiger partial charge in [0.25, 0.3) is 0 Å². The molecule has 0 bridgehead atoms. The van der Waals surface area contributed by atoms with Crippen LogP contribution in [0.2, 0.25) is 15.1 Å². The van der Waals surface area contributed by atoms with E-state index in [1.807, 2.05) is 0 Å². The van der Waals surface area contributed by atoms with Crippen molar-refractivity contribution >= 4 is 50.7 Å². The molecule has 16 heavy (non-hydrogen) atoms. The molecule has 0 aliphatic carbocycles. The third-order valence-electron chi connectivity index (χ3n) is 2.13. The van der Waals surface area contributed by atoms with Gasteiger partial charge in [-0.25, -0.2) is 0 Å². The number of aliphatic hydroxyl groups is 2. The Kier molecular flexibility index (Phi) is 5.85. The summed E-state index contributed by atoms with van der Waals surface area (Å²) < 4.78 is 0. The molecule has 6 heteroatoms. The molecule has 0 fully saturated rings. The molecule has 0 spiro atoms. The van der Waals surface area contributed by atoms with E-state index in [2.05, 4.69) is 15.9 Å². The highest BCUT2D eigenvalue weighted by Gasteiger charge is 2.21. The number of hydrogen-bond acceptors (Lipinski definition) is 2. The topological polar surface area (TPSA) is 40.5 Å². The van der Waals surface area contributed by atoms with Crippen molar-refractivity contribution in [2.24, 2.45) is 0 Å². The van der Waals surface area contributed by atoms with E-state index in [4.69, 9.17) is 34.8 Å². The van der Waals surface area contributed by atoms with E-state index in [1.165, 1.54) is 12.1 Å². The molecule has 0 aliphatic rings. The van der Waals surface area contributed by atoms with Crippen molar-refractivity contribution in [2.45, 2.75) is 18.6 Å². The standard InChI is InChI=1S/C10H10BrCl3O2/c11-2-1-9(15)10(16)5-3-7(13)8(14)4-6(5)12/h3-4,9-10,15-16H,1-2H2. The lowest BCUT2D eigenvalue weighted by Gasteiger charge is -2.18. The van der Waals surface area contributed by atoms with E-state index >= 15 is 0 Å². The number of hydrogen-bond donors (Lipinski definition) is 2. The number of rotatable bonds is 4. The molecule has 2 N–H and O–H groups in total. The van der Waals surface area contributed by atoms with Gasteiger partial charge in [0.05, 0.1) is 16.1 Å². The Bertz CT molecular complexity index is 373. The van der Waals surface area contributed by atoms with Gasteiger partial charge in [-0.1, -0.05) is 50.7 Å². The van der Waals surface area contributed by atoms with Crippen LogP contribution in [0.25, 0.3) is 0 Å². The van der Waals surface area contributed by atoms with Crippen molar-refractivity contribution in [3.8, 4) is 0 Å². The lowest BCUT2D eigenvalue weighted by atomic mass is 10.0. The summed E-state index contributed by atoms with van der Waals surface area (Å²) in [6, 6.07) is 2.92. The molecular formula is C10H10BrCl3O2. The zero-order chi connectivity index (χ0) is 12.3. The molecule has 0 radical (unpaired) electrons. The summed E-state index contributed by atoms with van der Waals surface area (Å²) in [7, 11) is 0. The van der Waals surface area contributed by atoms with Gasteiger partial charge in [0.2, 0.25) is 0 Å². The second-order valence-corrected chi connectivity index (χ2v) is 5.29. The molecule has 0 heterocycles. The first kappa shape index (κ1) is 14.6. The van der Waals surface area contributed by atoms with Gasteiger partial charge >= 0.3 is 0 Å². The molecule has 1 aromatic carbocycles. The van der Waals surface area contributed by atoms with E-state index in [1.54, 1.807) is 0 Å². The fraction of sp³-hybridized carbons (Fsp3) is 0.400. The average Bonchev–Trinajstić information content (AvgIpc) is 2.23. The Balaban J connectivity index is 2.99. The Morgan fingerprint density at radius 1 is 1.06 bits per heavy atom. The summed E-state index contributed by atoms with van der Waals surface area (Å²) in [5.41, 5.74) is 0.379. The number of aliphatic hydroxyl groups excluding tert-OH is 2. The molecule has 90 valence electrons. The van der Waals surface area contributed by atoms with Crippen LogP contribution < -0.4 is 0 Å². The van der Waals surface area contributed by atoms with Gasteiger partial charge in [-0.15, -0.1) is 0 Å². The van der Waals surface area contributed by atoms with Gasteiger partial charge in [-0.05, 0) is 18.6 Å². The largest absolute Gasteiger partial charge is 0.390 e. The molecule has 1 rings (SSSR count). The van der Waals surface area contributed by atoms with Crippen molar-refractivity contribution in [1.82, 2.24) is 0 Å². The zero-order valence-corrected chi connectivity index (χ0v) is 12.0. The molecule has 0 aliphatic heterocycles. The van der Waals surface area contributed by atoms with Crippen LogP contribution >= 0.6 is 50.7 Å². The lowest BCUT2D eigenvalue weighted by molar-refractivity contribution is 0.0174. The normalized spacial score (nSPS) is 14.9. The zero-order valence-electron chi connectivity index (χ0n) is 8.13. The predicted molar refractivity (Wildman–Crippen MR) is 70.8 cm³/mol. The molecule has 0 saturated carbocycles. The van der Waals surface area contributed by atoms with Crippen LogP contribution in [0.3, 0.4) is 0 Å². The van der Waals surface area contributed by atoms with Crippen molar-refractivity contribution in [3.05, 3.63) is 32.8 Å². The molecule has 0 saturated heterocycles. The molecule has 2 nitrogen and oxygen atoms in total. The van der Waals surface area contributed by atoms with E-state index in [0.29, 0.717) is 27.4 Å². The molecule has 0 aromatic heterocycles. The van der Waals surface area contributed by atoms with E-state index in [-0.39, 0.29) is 5.02 Å². The average molecular weight is 348 g/mol. The van der Waals surface area contributed by atoms with Crippen molar-refractivity contribution in [3.63, 3.8) is 0 Å². The van der Waals surface area contributed by atoms with Gasteiger partial charge in [-0.3, -0.25) is 0 Å². The van der Waals surface area contributed by atoms with E-state index < -0.39 is 12.2 Å². The summed E-state index contributed by atoms with van der Waals surface area (Å²) in [5.74, 6) is 0. The summed E-state index contributed by atoms with van der Waals surface area (Å²) in [4.78, 5) is 0. The van der Waals surface area contributed by atoms with Crippen molar-refractivity contribution in [2.75, 3.05) is 5.33 Å². The predicted octanol–water partition coefficient (Wildman–Crippen LogP) is 3.83. The fourth-order valence-corrected chi connectivity index (χ4v) is 2.38. The molecular weight excluding hydrogens is 338 g/mol. The lowest BCUT2D eigenvalue weighted by Crippen LogP contribution is -2.19. The number of alkyl halides is 1. The summed E-state index contributed by atoms with van der Waals surface area (Å²) in [6.07, 6.45) is -1.55. The minimum Gasteiger partial charge on any atom is -0.390 e. The van der Waals surface area contributed by atoms with Crippen LogP contribution in [0.4, 0.5) is 0 Å². The van der Waals surface area contributed by atoms with Crippen LogP contribution in [0, 0.1) is 0 Å². The van der Waals surface area contributed by atoms with Crippen molar-refractivity contribution in [1.29, 1.82) is 0 Å². The summed E-state index contributed by atoms with van der Waals surface area (Å²) in [5, 5.41) is 21.0. The monoisotopic (exact) mass is 346 g/mol. The summed E-state index contributed by atoms with van der Waals surface area (Å²) in [6.45, 7) is 0. The smallest absolute Gasteiger partial charge is 0.106 e. The first-order valence-corrected chi connectivity index (χ1v) is 6.79. The Labute approximate surface area is 117 Å². The highest BCUT2D eigenvalue weighted by Crippen LogP contribution is 2.33. The van der Waals surface area contributed by atoms with Gasteiger partial charge in [0.1, 0.15) is 6.10 Å². The van der Waals surface area contributed by atoms with Gasteiger partial charge in [0.15, 0.2) is 0 Å².